The van der Waals surface area contributed by atoms with Gasteiger partial charge in [0, 0.05) is 13.2 Å². The van der Waals surface area contributed by atoms with E-state index in [4.69, 9.17) is 38.5 Å². The second kappa shape index (κ2) is 20.6. The molecule has 42 heavy (non-hydrogen) atoms. The third-order valence-corrected chi connectivity index (χ3v) is 6.72. The van der Waals surface area contributed by atoms with Gasteiger partial charge in [0.2, 0.25) is 0 Å². The molecule has 0 aromatic rings. The Balaban J connectivity index is -0.00000380. The summed E-state index contributed by atoms with van der Waals surface area (Å²) in [5.74, 6) is 0. The van der Waals surface area contributed by atoms with Crippen molar-refractivity contribution in [2.75, 3.05) is 26.4 Å². The highest BCUT2D eigenvalue weighted by Gasteiger charge is 2.46. The molecule has 2 aliphatic rings. The molecule has 0 aromatic carbocycles. The molecule has 0 spiro atoms. The summed E-state index contributed by atoms with van der Waals surface area (Å²) < 4.78 is 51.5. The molecule has 2 rings (SSSR count). The maximum Gasteiger partial charge on any atom is 0.469 e. The lowest BCUT2D eigenvalue weighted by Gasteiger charge is -2.40. The van der Waals surface area contributed by atoms with Gasteiger partial charge in [-0.25, -0.2) is 9.13 Å². The van der Waals surface area contributed by atoms with Crippen LogP contribution in [0.2, 0.25) is 0 Å². The molecule has 2 fully saturated rings. The highest BCUT2D eigenvalue weighted by molar-refractivity contribution is 7.46. The van der Waals surface area contributed by atoms with Gasteiger partial charge >= 0.3 is 15.6 Å². The molecular formula is C18H48N4O18P2. The van der Waals surface area contributed by atoms with E-state index in [-0.39, 0.29) is 37.8 Å². The number of ether oxygens (including phenoxy) is 4. The van der Waals surface area contributed by atoms with E-state index in [9.17, 15) is 39.8 Å². The molecule has 2 heterocycles. The van der Waals surface area contributed by atoms with Crippen LogP contribution in [0.3, 0.4) is 0 Å². The zero-order valence-corrected chi connectivity index (χ0v) is 24.7. The van der Waals surface area contributed by atoms with E-state index in [1.165, 1.54) is 0 Å². The van der Waals surface area contributed by atoms with Crippen LogP contribution < -0.4 is 24.6 Å². The third kappa shape index (κ3) is 15.1. The molecule has 258 valence electrons. The van der Waals surface area contributed by atoms with Gasteiger partial charge in [0.25, 0.3) is 0 Å². The van der Waals surface area contributed by atoms with Crippen LogP contribution in [-0.4, -0.2) is 138 Å². The van der Waals surface area contributed by atoms with Crippen LogP contribution in [0.1, 0.15) is 25.7 Å². The molecule has 2 aliphatic heterocycles. The Hall–Kier alpha value is -0.340. The molecular weight excluding hydrogens is 622 g/mol. The largest absolute Gasteiger partial charge is 0.469 e. The van der Waals surface area contributed by atoms with E-state index in [2.05, 4.69) is 9.05 Å². The Morgan fingerprint density at radius 3 is 1.10 bits per heavy atom. The molecule has 0 unspecified atom stereocenters. The predicted octanol–water partition coefficient (Wildman–Crippen LogP) is -2.94. The summed E-state index contributed by atoms with van der Waals surface area (Å²) in [6.45, 7) is -1.37. The second-order valence-corrected chi connectivity index (χ2v) is 11.2. The van der Waals surface area contributed by atoms with Gasteiger partial charge in [0.1, 0.15) is 48.8 Å². The van der Waals surface area contributed by atoms with Crippen molar-refractivity contribution in [2.45, 2.75) is 87.1 Å². The highest BCUT2D eigenvalue weighted by Crippen LogP contribution is 2.38. The molecule has 0 bridgehead atoms. The zero-order chi connectivity index (χ0) is 28.7. The number of unbranched alkanes of at least 4 members (excludes halogenated alkanes) is 3. The summed E-state index contributed by atoms with van der Waals surface area (Å²) in [6, 6.07) is 0. The molecule has 0 amide bonds. The minimum Gasteiger partial charge on any atom is -0.387 e. The van der Waals surface area contributed by atoms with E-state index in [0.29, 0.717) is 25.7 Å². The van der Waals surface area contributed by atoms with Crippen molar-refractivity contribution in [2.24, 2.45) is 0 Å². The number of aliphatic hydroxyl groups excluding tert-OH is 6. The average Bonchev–Trinajstić information content (AvgIpc) is 2.82. The molecule has 22 N–H and O–H groups in total. The van der Waals surface area contributed by atoms with Crippen molar-refractivity contribution in [1.29, 1.82) is 0 Å². The fourth-order valence-corrected chi connectivity index (χ4v) is 4.36. The smallest absolute Gasteiger partial charge is 0.387 e. The van der Waals surface area contributed by atoms with E-state index >= 15 is 0 Å². The fraction of sp³-hybridized carbons (Fsp3) is 1.00. The fourth-order valence-electron chi connectivity index (χ4n) is 3.68. The van der Waals surface area contributed by atoms with Gasteiger partial charge in [-0.15, -0.1) is 0 Å². The highest BCUT2D eigenvalue weighted by atomic mass is 31.2. The number of hydrogen-bond donors (Lipinski definition) is 14. The molecule has 24 heteroatoms. The first kappa shape index (κ1) is 46.1. The molecule has 0 saturated carbocycles. The Bertz CT molecular complexity index is 746. The first-order valence-corrected chi connectivity index (χ1v) is 14.7. The Kier molecular flexibility index (Phi) is 22.6. The normalized spacial score (nSPS) is 33.4. The van der Waals surface area contributed by atoms with Crippen LogP contribution in [0.4, 0.5) is 0 Å². The van der Waals surface area contributed by atoms with Crippen LogP contribution in [-0.2, 0) is 37.1 Å². The van der Waals surface area contributed by atoms with Gasteiger partial charge in [-0.2, -0.15) is 0 Å². The standard InChI is InChI=1S/C18H36O18P2.4H3N/c19-11-9(7-33-37(25,26)27)35-17(15(23)13(11)21)31-5-3-1-2-4-6-32-18-16(24)14(22)12(20)10(36-18)8-34-38(28,29)30;;;;/h9-24H,1-8H2,(H2,25,26,27)(H2,28,29,30);4*1H3/t9-,10-,11-,12-,13+,14+,15+,16+,17+,18+;;;;/m1..../s1. The van der Waals surface area contributed by atoms with Crippen molar-refractivity contribution in [3.8, 4) is 0 Å². The number of phosphoric acid groups is 2. The summed E-state index contributed by atoms with van der Waals surface area (Å²) in [5.41, 5.74) is 0. The minimum atomic E-state index is -4.85. The quantitative estimate of drug-likeness (QED) is 0.0612. The summed E-state index contributed by atoms with van der Waals surface area (Å²) in [5, 5.41) is 59.7. The van der Waals surface area contributed by atoms with Crippen molar-refractivity contribution in [3.05, 3.63) is 0 Å². The molecule has 10 atom stereocenters. The van der Waals surface area contributed by atoms with Gasteiger partial charge in [0.05, 0.1) is 13.2 Å². The first-order valence-electron chi connectivity index (χ1n) is 11.6. The number of aliphatic hydroxyl groups is 6. The lowest BCUT2D eigenvalue weighted by Crippen LogP contribution is -2.59. The monoisotopic (exact) mass is 670 g/mol. The zero-order valence-electron chi connectivity index (χ0n) is 22.9. The molecule has 22 nitrogen and oxygen atoms in total. The maximum absolute atomic E-state index is 10.8. The van der Waals surface area contributed by atoms with Crippen molar-refractivity contribution >= 4 is 15.6 Å². The maximum atomic E-state index is 10.8. The van der Waals surface area contributed by atoms with Crippen LogP contribution >= 0.6 is 15.6 Å². The van der Waals surface area contributed by atoms with Crippen LogP contribution in [0, 0.1) is 0 Å². The first-order chi connectivity index (χ1) is 17.6. The second-order valence-electron chi connectivity index (χ2n) is 8.76. The Morgan fingerprint density at radius 2 is 0.810 bits per heavy atom. The number of hydrogen-bond acceptors (Lipinski definition) is 18. The van der Waals surface area contributed by atoms with Gasteiger partial charge in [-0.3, -0.25) is 9.05 Å². The predicted molar refractivity (Wildman–Crippen MR) is 140 cm³/mol. The van der Waals surface area contributed by atoms with E-state index in [1.807, 2.05) is 0 Å². The summed E-state index contributed by atoms with van der Waals surface area (Å²) in [6.07, 6.45) is -13.3. The van der Waals surface area contributed by atoms with Crippen LogP contribution in [0.25, 0.3) is 0 Å². The van der Waals surface area contributed by atoms with E-state index in [1.54, 1.807) is 0 Å². The van der Waals surface area contributed by atoms with Gasteiger partial charge in [-0.05, 0) is 12.8 Å². The van der Waals surface area contributed by atoms with Gasteiger partial charge in [-0.1, -0.05) is 12.8 Å². The lowest BCUT2D eigenvalue weighted by molar-refractivity contribution is -0.301. The van der Waals surface area contributed by atoms with Crippen molar-refractivity contribution in [3.63, 3.8) is 0 Å². The summed E-state index contributed by atoms with van der Waals surface area (Å²) >= 11 is 0. The molecule has 0 aliphatic carbocycles. The third-order valence-electron chi connectivity index (χ3n) is 5.75. The summed E-state index contributed by atoms with van der Waals surface area (Å²) in [7, 11) is -9.70. The molecule has 0 aromatic heterocycles. The number of phosphoric ester groups is 2. The van der Waals surface area contributed by atoms with Gasteiger partial charge in [0.15, 0.2) is 12.6 Å². The Morgan fingerprint density at radius 1 is 0.500 bits per heavy atom. The average molecular weight is 671 g/mol. The van der Waals surface area contributed by atoms with Crippen molar-refractivity contribution < 1.29 is 87.3 Å². The van der Waals surface area contributed by atoms with Crippen LogP contribution in [0.15, 0.2) is 0 Å². The Labute approximate surface area is 241 Å². The van der Waals surface area contributed by atoms with Gasteiger partial charge < -0.3 is 93.8 Å². The van der Waals surface area contributed by atoms with Crippen LogP contribution in [0.5, 0.6) is 0 Å². The van der Waals surface area contributed by atoms with Crippen molar-refractivity contribution in [1.82, 2.24) is 24.6 Å². The molecule has 0 radical (unpaired) electrons. The number of rotatable bonds is 15. The van der Waals surface area contributed by atoms with E-state index in [0.717, 1.165) is 0 Å². The minimum absolute atomic E-state index is 0. The molecule has 2 saturated heterocycles. The SMILES string of the molecule is N.N.N.N.O=P(O)(O)OC[C@H]1O[C@H](OCCCCCCO[C@H]2O[C@H](COP(=O)(O)O)[C@@H](O)[C@H](O)[C@@H]2O)[C@@H](O)[C@@H](O)[C@@H]1O. The topological polar surface area (TPSA) is 432 Å². The lowest BCUT2D eigenvalue weighted by atomic mass is 9.99. The summed E-state index contributed by atoms with van der Waals surface area (Å²) in [4.78, 5) is 35.1. The van der Waals surface area contributed by atoms with E-state index < -0.39 is 90.3 Å².